The summed E-state index contributed by atoms with van der Waals surface area (Å²) in [5.74, 6) is 1.70. The molecule has 0 spiro atoms. The molecule has 2 aromatic heterocycles. The number of aromatic nitrogens is 5. The van der Waals surface area contributed by atoms with Gasteiger partial charge in [0.25, 0.3) is 0 Å². The van der Waals surface area contributed by atoms with Gasteiger partial charge in [-0.3, -0.25) is 4.68 Å². The lowest BCUT2D eigenvalue weighted by Crippen LogP contribution is -2.49. The van der Waals surface area contributed by atoms with Gasteiger partial charge in [0.2, 0.25) is 11.7 Å². The van der Waals surface area contributed by atoms with Gasteiger partial charge in [0.1, 0.15) is 0 Å². The van der Waals surface area contributed by atoms with Gasteiger partial charge >= 0.3 is 0 Å². The highest BCUT2D eigenvalue weighted by Gasteiger charge is 2.50. The van der Waals surface area contributed by atoms with Crippen molar-refractivity contribution in [3.05, 3.63) is 12.1 Å². The molecule has 2 saturated carbocycles. The molecule has 1 N–H and O–H groups in total. The molecule has 0 aliphatic heterocycles. The third-order valence-corrected chi connectivity index (χ3v) is 5.19. The zero-order valence-electron chi connectivity index (χ0n) is 12.8. The van der Waals surface area contributed by atoms with Crippen LogP contribution in [-0.2, 0) is 7.05 Å². The Bertz CT molecular complexity index is 652. The third-order valence-electron chi connectivity index (χ3n) is 5.19. The van der Waals surface area contributed by atoms with Gasteiger partial charge in [0.15, 0.2) is 5.69 Å². The lowest BCUT2D eigenvalue weighted by Gasteiger charge is -2.48. The van der Waals surface area contributed by atoms with Crippen molar-refractivity contribution in [2.24, 2.45) is 13.0 Å². The second-order valence-corrected chi connectivity index (χ2v) is 6.78. The van der Waals surface area contributed by atoms with E-state index in [-0.39, 0.29) is 5.92 Å². The molecule has 0 atom stereocenters. The van der Waals surface area contributed by atoms with Gasteiger partial charge in [0, 0.05) is 13.0 Å². The molecule has 2 aliphatic rings. The minimum absolute atomic E-state index is 0.171. The monoisotopic (exact) mass is 303 g/mol. The smallest absolute Gasteiger partial charge is 0.230 e. The average Bonchev–Trinajstić information content (AvgIpc) is 3.13. The molecule has 7 heteroatoms. The van der Waals surface area contributed by atoms with E-state index in [4.69, 9.17) is 4.52 Å². The fourth-order valence-corrected chi connectivity index (χ4v) is 3.90. The Morgan fingerprint density at radius 1 is 1.27 bits per heavy atom. The van der Waals surface area contributed by atoms with E-state index in [9.17, 15) is 5.11 Å². The van der Waals surface area contributed by atoms with Crippen LogP contribution < -0.4 is 0 Å². The van der Waals surface area contributed by atoms with Crippen molar-refractivity contribution in [1.82, 2.24) is 25.1 Å². The third kappa shape index (κ3) is 2.33. The summed E-state index contributed by atoms with van der Waals surface area (Å²) in [7, 11) is 1.80. The van der Waals surface area contributed by atoms with Crippen LogP contribution in [0.4, 0.5) is 0 Å². The second kappa shape index (κ2) is 5.15. The van der Waals surface area contributed by atoms with E-state index in [1.54, 1.807) is 17.9 Å². The molecule has 0 radical (unpaired) electrons. The summed E-state index contributed by atoms with van der Waals surface area (Å²) in [5.41, 5.74) is 0.0890. The van der Waals surface area contributed by atoms with Gasteiger partial charge in [-0.15, -0.1) is 5.10 Å². The summed E-state index contributed by atoms with van der Waals surface area (Å²) in [6.45, 7) is 0. The molecule has 0 amide bonds. The average molecular weight is 303 g/mol. The van der Waals surface area contributed by atoms with Crippen molar-refractivity contribution in [1.29, 1.82) is 0 Å². The molecule has 4 rings (SSSR count). The van der Waals surface area contributed by atoms with Gasteiger partial charge in [-0.25, -0.2) is 0 Å². The molecule has 7 nitrogen and oxygen atoms in total. The number of hydrogen-bond donors (Lipinski definition) is 1. The van der Waals surface area contributed by atoms with Crippen molar-refractivity contribution in [2.45, 2.75) is 56.5 Å². The maximum Gasteiger partial charge on any atom is 0.230 e. The first-order valence-electron chi connectivity index (χ1n) is 8.07. The predicted octanol–water partition coefficient (Wildman–Crippen LogP) is 2.05. The highest BCUT2D eigenvalue weighted by atomic mass is 16.5. The summed E-state index contributed by atoms with van der Waals surface area (Å²) in [6.07, 6.45) is 9.33. The van der Waals surface area contributed by atoms with E-state index < -0.39 is 5.60 Å². The summed E-state index contributed by atoms with van der Waals surface area (Å²) in [6, 6.07) is 0. The number of aryl methyl sites for hydroxylation is 1. The van der Waals surface area contributed by atoms with Crippen LogP contribution in [0.15, 0.2) is 10.7 Å². The molecule has 0 unspecified atom stereocenters. The summed E-state index contributed by atoms with van der Waals surface area (Å²) in [4.78, 5) is 4.42. The van der Waals surface area contributed by atoms with Crippen LogP contribution in [0.25, 0.3) is 11.5 Å². The highest BCUT2D eigenvalue weighted by molar-refractivity contribution is 5.45. The van der Waals surface area contributed by atoms with Crippen LogP contribution in [0.5, 0.6) is 0 Å². The minimum atomic E-state index is -0.522. The van der Waals surface area contributed by atoms with Crippen molar-refractivity contribution < 1.29 is 9.63 Å². The van der Waals surface area contributed by atoms with Gasteiger partial charge in [-0.2, -0.15) is 4.98 Å². The molecule has 22 heavy (non-hydrogen) atoms. The maximum absolute atomic E-state index is 10.8. The first-order valence-corrected chi connectivity index (χ1v) is 8.07. The minimum Gasteiger partial charge on any atom is -0.390 e. The van der Waals surface area contributed by atoms with E-state index in [0.717, 1.165) is 25.7 Å². The summed E-state index contributed by atoms with van der Waals surface area (Å²) in [5, 5.41) is 22.6. The Morgan fingerprint density at radius 2 is 2.05 bits per heavy atom. The zero-order chi connectivity index (χ0) is 15.2. The van der Waals surface area contributed by atoms with Crippen LogP contribution in [0, 0.1) is 5.92 Å². The molecule has 2 heterocycles. The Morgan fingerprint density at radius 3 is 2.73 bits per heavy atom. The first-order chi connectivity index (χ1) is 10.6. The Hall–Kier alpha value is -1.76. The lowest BCUT2D eigenvalue weighted by atomic mass is 9.61. The Kier molecular flexibility index (Phi) is 3.25. The molecule has 2 aromatic rings. The molecule has 0 saturated heterocycles. The molecule has 0 aromatic carbocycles. The molecule has 0 bridgehead atoms. The number of hydrogen-bond acceptors (Lipinski definition) is 6. The first kappa shape index (κ1) is 13.9. The SMILES string of the molecule is Cn1cc(-c2noc(C3CC(O)(C4CCCCC4)C3)n2)nn1. The van der Waals surface area contributed by atoms with Crippen molar-refractivity contribution in [3.8, 4) is 11.5 Å². The highest BCUT2D eigenvalue weighted by Crippen LogP contribution is 2.51. The van der Waals surface area contributed by atoms with Crippen molar-refractivity contribution in [2.75, 3.05) is 0 Å². The van der Waals surface area contributed by atoms with Gasteiger partial charge < -0.3 is 9.63 Å². The lowest BCUT2D eigenvalue weighted by molar-refractivity contribution is -0.111. The van der Waals surface area contributed by atoms with E-state index in [1.165, 1.54) is 19.3 Å². The van der Waals surface area contributed by atoms with Gasteiger partial charge in [-0.1, -0.05) is 29.6 Å². The quantitative estimate of drug-likeness (QED) is 0.933. The van der Waals surface area contributed by atoms with Crippen LogP contribution in [0.3, 0.4) is 0 Å². The number of aliphatic hydroxyl groups is 1. The van der Waals surface area contributed by atoms with Crippen LogP contribution in [-0.4, -0.2) is 35.8 Å². The van der Waals surface area contributed by atoms with Gasteiger partial charge in [-0.05, 0) is 31.6 Å². The van der Waals surface area contributed by atoms with Crippen LogP contribution in [0.1, 0.15) is 56.8 Å². The predicted molar refractivity (Wildman–Crippen MR) is 77.8 cm³/mol. The standard InChI is InChI=1S/C15H21N5O2/c1-20-9-12(17-19-20)13-16-14(22-18-13)10-7-15(21,8-10)11-5-3-2-4-6-11/h9-11,21H,2-8H2,1H3. The Labute approximate surface area is 128 Å². The molecule has 2 aliphatic carbocycles. The number of rotatable bonds is 3. The molecular formula is C15H21N5O2. The van der Waals surface area contributed by atoms with Crippen LogP contribution >= 0.6 is 0 Å². The number of nitrogens with zero attached hydrogens (tertiary/aromatic N) is 5. The zero-order valence-corrected chi connectivity index (χ0v) is 12.8. The van der Waals surface area contributed by atoms with Crippen LogP contribution in [0.2, 0.25) is 0 Å². The summed E-state index contributed by atoms with van der Waals surface area (Å²) < 4.78 is 6.97. The second-order valence-electron chi connectivity index (χ2n) is 6.78. The largest absolute Gasteiger partial charge is 0.390 e. The summed E-state index contributed by atoms with van der Waals surface area (Å²) >= 11 is 0. The Balaban J connectivity index is 1.43. The topological polar surface area (TPSA) is 89.9 Å². The van der Waals surface area contributed by atoms with E-state index in [2.05, 4.69) is 20.5 Å². The fourth-order valence-electron chi connectivity index (χ4n) is 3.90. The normalized spacial score (nSPS) is 29.5. The molecular weight excluding hydrogens is 282 g/mol. The van der Waals surface area contributed by atoms with Gasteiger partial charge in [0.05, 0.1) is 11.8 Å². The molecule has 2 fully saturated rings. The molecule has 118 valence electrons. The van der Waals surface area contributed by atoms with E-state index in [0.29, 0.717) is 23.3 Å². The fraction of sp³-hybridized carbons (Fsp3) is 0.733. The van der Waals surface area contributed by atoms with Crippen molar-refractivity contribution >= 4 is 0 Å². The van der Waals surface area contributed by atoms with E-state index >= 15 is 0 Å². The van der Waals surface area contributed by atoms with Crippen molar-refractivity contribution in [3.63, 3.8) is 0 Å². The maximum atomic E-state index is 10.8. The van der Waals surface area contributed by atoms with E-state index in [1.807, 2.05) is 0 Å².